The van der Waals surface area contributed by atoms with Crippen molar-refractivity contribution in [3.63, 3.8) is 0 Å². The molecule has 1 aromatic rings. The minimum Gasteiger partial charge on any atom is -0.325 e. The fourth-order valence-electron chi connectivity index (χ4n) is 2.90. The van der Waals surface area contributed by atoms with Crippen molar-refractivity contribution in [3.05, 3.63) is 29.8 Å². The predicted molar refractivity (Wildman–Crippen MR) is 93.1 cm³/mol. The van der Waals surface area contributed by atoms with E-state index in [4.69, 9.17) is 0 Å². The zero-order valence-corrected chi connectivity index (χ0v) is 14.2. The highest BCUT2D eigenvalue weighted by atomic mass is 32.2. The molecular formula is C18H27NOS. The summed E-state index contributed by atoms with van der Waals surface area (Å²) in [5.74, 6) is 0.557. The molecule has 0 radical (unpaired) electrons. The highest BCUT2D eigenvalue weighted by Gasteiger charge is 2.22. The number of carbonyl (C=O) groups is 1. The third-order valence-electron chi connectivity index (χ3n) is 4.16. The van der Waals surface area contributed by atoms with E-state index in [0.29, 0.717) is 11.2 Å². The van der Waals surface area contributed by atoms with Crippen molar-refractivity contribution in [2.75, 3.05) is 5.32 Å². The first-order valence-electron chi connectivity index (χ1n) is 8.13. The number of para-hydroxylation sites is 1. The first kappa shape index (κ1) is 16.4. The van der Waals surface area contributed by atoms with Crippen molar-refractivity contribution >= 4 is 23.4 Å². The van der Waals surface area contributed by atoms with E-state index in [0.717, 1.165) is 5.69 Å². The van der Waals surface area contributed by atoms with Gasteiger partial charge in [-0.2, -0.15) is 0 Å². The van der Waals surface area contributed by atoms with Gasteiger partial charge in [0.05, 0.1) is 5.25 Å². The average molecular weight is 305 g/mol. The van der Waals surface area contributed by atoms with Gasteiger partial charge in [-0.05, 0) is 37.3 Å². The minimum atomic E-state index is 0.0216. The molecule has 0 bridgehead atoms. The number of thioether (sulfide) groups is 1. The molecule has 3 heteroatoms. The molecule has 0 aromatic heterocycles. The van der Waals surface area contributed by atoms with Crippen molar-refractivity contribution < 1.29 is 4.79 Å². The normalized spacial score (nSPS) is 17.7. The molecular weight excluding hydrogens is 278 g/mol. The fourth-order valence-corrected chi connectivity index (χ4v) is 4.27. The zero-order valence-electron chi connectivity index (χ0n) is 13.4. The number of amides is 1. The van der Waals surface area contributed by atoms with Crippen molar-refractivity contribution in [2.45, 2.75) is 69.3 Å². The Morgan fingerprint density at radius 1 is 1.14 bits per heavy atom. The summed E-state index contributed by atoms with van der Waals surface area (Å²) in [5.41, 5.74) is 2.18. The molecule has 116 valence electrons. The summed E-state index contributed by atoms with van der Waals surface area (Å²) < 4.78 is 0. The van der Waals surface area contributed by atoms with Gasteiger partial charge in [-0.25, -0.2) is 0 Å². The molecule has 1 atom stereocenters. The van der Waals surface area contributed by atoms with Gasteiger partial charge in [0, 0.05) is 10.9 Å². The van der Waals surface area contributed by atoms with Crippen LogP contribution < -0.4 is 5.32 Å². The Balaban J connectivity index is 1.94. The topological polar surface area (TPSA) is 29.1 Å². The Morgan fingerprint density at radius 3 is 2.48 bits per heavy atom. The van der Waals surface area contributed by atoms with Crippen LogP contribution in [0.2, 0.25) is 0 Å². The molecule has 1 amide bonds. The van der Waals surface area contributed by atoms with Gasteiger partial charge < -0.3 is 5.32 Å². The number of benzene rings is 1. The quantitative estimate of drug-likeness (QED) is 0.809. The first-order valence-corrected chi connectivity index (χ1v) is 9.07. The molecule has 1 unspecified atom stereocenters. The van der Waals surface area contributed by atoms with E-state index in [1.165, 1.54) is 37.7 Å². The number of hydrogen-bond acceptors (Lipinski definition) is 2. The summed E-state index contributed by atoms with van der Waals surface area (Å²) >= 11 is 1.85. The molecule has 1 aromatic carbocycles. The smallest absolute Gasteiger partial charge is 0.237 e. The van der Waals surface area contributed by atoms with E-state index >= 15 is 0 Å². The van der Waals surface area contributed by atoms with Crippen LogP contribution in [0.1, 0.15) is 64.4 Å². The van der Waals surface area contributed by atoms with Crippen LogP contribution in [0.4, 0.5) is 5.69 Å². The van der Waals surface area contributed by atoms with Crippen LogP contribution in [0.5, 0.6) is 0 Å². The maximum absolute atomic E-state index is 12.4. The highest BCUT2D eigenvalue weighted by molar-refractivity contribution is 8.01. The summed E-state index contributed by atoms with van der Waals surface area (Å²) in [6, 6.07) is 8.12. The molecule has 1 N–H and O–H groups in total. The van der Waals surface area contributed by atoms with Crippen LogP contribution >= 0.6 is 11.8 Å². The highest BCUT2D eigenvalue weighted by Crippen LogP contribution is 2.32. The molecule has 0 spiro atoms. The van der Waals surface area contributed by atoms with E-state index < -0.39 is 0 Å². The number of hydrogen-bond donors (Lipinski definition) is 1. The van der Waals surface area contributed by atoms with Crippen molar-refractivity contribution in [1.29, 1.82) is 0 Å². The van der Waals surface area contributed by atoms with Crippen LogP contribution in [0.15, 0.2) is 24.3 Å². The third-order valence-corrected chi connectivity index (χ3v) is 5.64. The van der Waals surface area contributed by atoms with Gasteiger partial charge in [0.1, 0.15) is 0 Å². The van der Waals surface area contributed by atoms with Gasteiger partial charge in [0.25, 0.3) is 0 Å². The van der Waals surface area contributed by atoms with E-state index in [1.54, 1.807) is 0 Å². The summed E-state index contributed by atoms with van der Waals surface area (Å²) in [5, 5.41) is 3.81. The minimum absolute atomic E-state index is 0.0216. The lowest BCUT2D eigenvalue weighted by Crippen LogP contribution is -2.26. The average Bonchev–Trinajstić information content (AvgIpc) is 2.48. The largest absolute Gasteiger partial charge is 0.325 e. The van der Waals surface area contributed by atoms with Crippen LogP contribution in [-0.2, 0) is 4.79 Å². The lowest BCUT2D eigenvalue weighted by molar-refractivity contribution is -0.115. The van der Waals surface area contributed by atoms with Crippen molar-refractivity contribution in [3.8, 4) is 0 Å². The summed E-state index contributed by atoms with van der Waals surface area (Å²) in [6.45, 7) is 6.35. The Bertz CT molecular complexity index is 466. The number of anilines is 1. The first-order chi connectivity index (χ1) is 10.1. The second-order valence-corrected chi connectivity index (χ2v) is 7.92. The fraction of sp³-hybridized carbons (Fsp3) is 0.611. The second kappa shape index (κ2) is 7.88. The Kier molecular flexibility index (Phi) is 6.16. The molecule has 21 heavy (non-hydrogen) atoms. The third kappa shape index (κ3) is 4.77. The lowest BCUT2D eigenvalue weighted by Gasteiger charge is -2.24. The standard InChI is InChI=1S/C18H27NOS/c1-13(2)16-11-7-8-12-17(16)19-18(20)14(3)21-15-9-5-4-6-10-15/h7-8,11-15H,4-6,9-10H2,1-3H3,(H,19,20). The van der Waals surface area contributed by atoms with Gasteiger partial charge in [-0.1, -0.05) is 51.3 Å². The van der Waals surface area contributed by atoms with Crippen LogP contribution in [-0.4, -0.2) is 16.4 Å². The molecule has 1 fully saturated rings. The van der Waals surface area contributed by atoms with Crippen LogP contribution in [0, 0.1) is 0 Å². The van der Waals surface area contributed by atoms with E-state index in [1.807, 2.05) is 36.9 Å². The molecule has 2 rings (SSSR count). The SMILES string of the molecule is CC(SC1CCCCC1)C(=O)Nc1ccccc1C(C)C. The number of nitrogens with one attached hydrogen (secondary N) is 1. The predicted octanol–water partition coefficient (Wildman–Crippen LogP) is 5.20. The molecule has 1 aliphatic carbocycles. The number of rotatable bonds is 5. The lowest BCUT2D eigenvalue weighted by atomic mass is 10.0. The maximum atomic E-state index is 12.4. The molecule has 2 nitrogen and oxygen atoms in total. The van der Waals surface area contributed by atoms with Gasteiger partial charge in [0.15, 0.2) is 0 Å². The van der Waals surface area contributed by atoms with Crippen molar-refractivity contribution in [2.24, 2.45) is 0 Å². The Hall–Kier alpha value is -0.960. The molecule has 0 heterocycles. The van der Waals surface area contributed by atoms with Gasteiger partial charge >= 0.3 is 0 Å². The Labute approximate surface area is 133 Å². The monoisotopic (exact) mass is 305 g/mol. The molecule has 0 saturated heterocycles. The van der Waals surface area contributed by atoms with Crippen LogP contribution in [0.3, 0.4) is 0 Å². The summed E-state index contributed by atoms with van der Waals surface area (Å²) in [4.78, 5) is 12.4. The summed E-state index contributed by atoms with van der Waals surface area (Å²) in [7, 11) is 0. The van der Waals surface area contributed by atoms with Crippen molar-refractivity contribution in [1.82, 2.24) is 0 Å². The zero-order chi connectivity index (χ0) is 15.2. The van der Waals surface area contributed by atoms with Gasteiger partial charge in [-0.15, -0.1) is 11.8 Å². The maximum Gasteiger partial charge on any atom is 0.237 e. The second-order valence-electron chi connectivity index (χ2n) is 6.27. The molecule has 1 saturated carbocycles. The van der Waals surface area contributed by atoms with E-state index in [9.17, 15) is 4.79 Å². The van der Waals surface area contributed by atoms with Gasteiger partial charge in [0.2, 0.25) is 5.91 Å². The van der Waals surface area contributed by atoms with E-state index in [-0.39, 0.29) is 11.2 Å². The Morgan fingerprint density at radius 2 is 1.81 bits per heavy atom. The molecule has 1 aliphatic rings. The van der Waals surface area contributed by atoms with E-state index in [2.05, 4.69) is 25.2 Å². The molecule has 0 aliphatic heterocycles. The summed E-state index contributed by atoms with van der Waals surface area (Å²) in [6.07, 6.45) is 6.54. The van der Waals surface area contributed by atoms with Crippen LogP contribution in [0.25, 0.3) is 0 Å². The number of carbonyl (C=O) groups excluding carboxylic acids is 1. The van der Waals surface area contributed by atoms with Gasteiger partial charge in [-0.3, -0.25) is 4.79 Å².